The van der Waals surface area contributed by atoms with E-state index in [0.717, 1.165) is 19.5 Å². The summed E-state index contributed by atoms with van der Waals surface area (Å²) < 4.78 is 0. The van der Waals surface area contributed by atoms with Crippen LogP contribution in [0.3, 0.4) is 0 Å². The Kier molecular flexibility index (Phi) is 3.38. The van der Waals surface area contributed by atoms with Crippen LogP contribution < -0.4 is 5.32 Å². The van der Waals surface area contributed by atoms with Crippen molar-refractivity contribution < 1.29 is 14.4 Å². The summed E-state index contributed by atoms with van der Waals surface area (Å²) in [6.07, 6.45) is 0.751. The summed E-state index contributed by atoms with van der Waals surface area (Å²) in [6.45, 7) is 6.84. The van der Waals surface area contributed by atoms with E-state index in [9.17, 15) is 14.4 Å². The second-order valence-corrected chi connectivity index (χ2v) is 6.15. The first-order valence-corrected chi connectivity index (χ1v) is 6.62. The molecule has 2 rings (SSSR count). The van der Waals surface area contributed by atoms with Crippen LogP contribution in [0.1, 0.15) is 27.2 Å². The zero-order valence-electron chi connectivity index (χ0n) is 11.9. The van der Waals surface area contributed by atoms with Gasteiger partial charge in [0.05, 0.1) is 0 Å². The van der Waals surface area contributed by atoms with Gasteiger partial charge in [-0.3, -0.25) is 19.8 Å². The van der Waals surface area contributed by atoms with Gasteiger partial charge in [-0.15, -0.1) is 0 Å². The van der Waals surface area contributed by atoms with Gasteiger partial charge in [0.2, 0.25) is 11.8 Å². The van der Waals surface area contributed by atoms with E-state index in [2.05, 4.69) is 10.2 Å². The van der Waals surface area contributed by atoms with Crippen LogP contribution in [0.2, 0.25) is 0 Å². The highest BCUT2D eigenvalue weighted by Gasteiger charge is 2.50. The molecule has 2 atom stereocenters. The number of carbonyl (C=O) groups is 3. The van der Waals surface area contributed by atoms with Crippen LogP contribution >= 0.6 is 0 Å². The Morgan fingerprint density at radius 1 is 1.26 bits per heavy atom. The molecule has 2 aliphatic heterocycles. The molecule has 2 saturated heterocycles. The van der Waals surface area contributed by atoms with Crippen molar-refractivity contribution >= 4 is 17.8 Å². The third kappa shape index (κ3) is 2.25. The van der Waals surface area contributed by atoms with Gasteiger partial charge in [-0.2, -0.15) is 0 Å². The lowest BCUT2D eigenvalue weighted by molar-refractivity contribution is -0.152. The van der Waals surface area contributed by atoms with E-state index in [1.165, 1.54) is 4.90 Å². The van der Waals surface area contributed by atoms with Crippen molar-refractivity contribution in [3.63, 3.8) is 0 Å². The van der Waals surface area contributed by atoms with E-state index < -0.39 is 17.4 Å². The molecule has 106 valence electrons. The normalized spacial score (nSPS) is 32.4. The molecule has 0 spiro atoms. The number of nitrogens with zero attached hydrogens (tertiary/aromatic N) is 2. The number of rotatable bonds is 1. The summed E-state index contributed by atoms with van der Waals surface area (Å²) in [5.41, 5.74) is -1.17. The molecule has 4 amide bonds. The maximum Gasteiger partial charge on any atom is 0.331 e. The molecule has 2 unspecified atom stereocenters. The lowest BCUT2D eigenvalue weighted by Gasteiger charge is -2.44. The van der Waals surface area contributed by atoms with Crippen LogP contribution in [0, 0.1) is 11.3 Å². The molecular formula is C13H21N3O3. The second-order valence-electron chi connectivity index (χ2n) is 6.15. The van der Waals surface area contributed by atoms with Crippen LogP contribution in [0.25, 0.3) is 0 Å². The van der Waals surface area contributed by atoms with Gasteiger partial charge in [-0.05, 0) is 39.8 Å². The summed E-state index contributed by atoms with van der Waals surface area (Å²) in [5.74, 6) is -0.695. The zero-order valence-corrected chi connectivity index (χ0v) is 11.9. The van der Waals surface area contributed by atoms with Crippen molar-refractivity contribution in [1.82, 2.24) is 15.1 Å². The lowest BCUT2D eigenvalue weighted by Crippen LogP contribution is -2.66. The Morgan fingerprint density at radius 2 is 1.89 bits per heavy atom. The Balaban J connectivity index is 2.26. The molecule has 0 saturated carbocycles. The minimum absolute atomic E-state index is 0.129. The third-order valence-electron chi connectivity index (χ3n) is 4.16. The van der Waals surface area contributed by atoms with Crippen LogP contribution in [0.4, 0.5) is 4.79 Å². The first-order valence-electron chi connectivity index (χ1n) is 6.62. The SMILES string of the molecule is CC1CN(C)CCC1N1C(=O)NC(=O)C(C)(C)C1=O. The van der Waals surface area contributed by atoms with E-state index in [4.69, 9.17) is 0 Å². The topological polar surface area (TPSA) is 69.7 Å². The van der Waals surface area contributed by atoms with Crippen molar-refractivity contribution in [3.8, 4) is 0 Å². The molecule has 0 aromatic rings. The van der Waals surface area contributed by atoms with E-state index >= 15 is 0 Å². The molecule has 2 aliphatic rings. The largest absolute Gasteiger partial charge is 0.331 e. The summed E-state index contributed by atoms with van der Waals surface area (Å²) in [5, 5.41) is 2.29. The highest BCUT2D eigenvalue weighted by Crippen LogP contribution is 2.30. The van der Waals surface area contributed by atoms with Crippen molar-refractivity contribution in [2.75, 3.05) is 20.1 Å². The molecular weight excluding hydrogens is 246 g/mol. The number of hydrogen-bond donors (Lipinski definition) is 1. The average Bonchev–Trinajstić information content (AvgIpc) is 2.30. The number of carbonyl (C=O) groups excluding carboxylic acids is 3. The van der Waals surface area contributed by atoms with E-state index in [0.29, 0.717) is 0 Å². The van der Waals surface area contributed by atoms with Crippen molar-refractivity contribution in [2.45, 2.75) is 33.2 Å². The third-order valence-corrected chi connectivity index (χ3v) is 4.16. The monoisotopic (exact) mass is 267 g/mol. The first kappa shape index (κ1) is 14.0. The molecule has 6 heteroatoms. The Hall–Kier alpha value is -1.43. The van der Waals surface area contributed by atoms with Gasteiger partial charge in [-0.1, -0.05) is 6.92 Å². The number of amides is 4. The maximum atomic E-state index is 12.4. The number of piperidine rings is 1. The number of likely N-dealkylation sites (tertiary alicyclic amines) is 1. The Bertz CT molecular complexity index is 433. The fraction of sp³-hybridized carbons (Fsp3) is 0.769. The van der Waals surface area contributed by atoms with E-state index in [-0.39, 0.29) is 17.9 Å². The van der Waals surface area contributed by atoms with Crippen molar-refractivity contribution in [3.05, 3.63) is 0 Å². The fourth-order valence-electron chi connectivity index (χ4n) is 2.83. The van der Waals surface area contributed by atoms with Crippen LogP contribution in [0.5, 0.6) is 0 Å². The molecule has 6 nitrogen and oxygen atoms in total. The van der Waals surface area contributed by atoms with E-state index in [1.54, 1.807) is 13.8 Å². The fourth-order valence-corrected chi connectivity index (χ4v) is 2.83. The minimum Gasteiger partial charge on any atom is -0.306 e. The van der Waals surface area contributed by atoms with Gasteiger partial charge >= 0.3 is 6.03 Å². The molecule has 0 aromatic carbocycles. The summed E-state index contributed by atoms with van der Waals surface area (Å²) >= 11 is 0. The molecule has 1 N–H and O–H groups in total. The lowest BCUT2D eigenvalue weighted by atomic mass is 9.85. The zero-order chi connectivity index (χ0) is 14.4. The van der Waals surface area contributed by atoms with Crippen molar-refractivity contribution in [2.24, 2.45) is 11.3 Å². The number of urea groups is 1. The molecule has 19 heavy (non-hydrogen) atoms. The average molecular weight is 267 g/mol. The Morgan fingerprint density at radius 3 is 2.47 bits per heavy atom. The quantitative estimate of drug-likeness (QED) is 0.700. The molecule has 0 aliphatic carbocycles. The van der Waals surface area contributed by atoms with Gasteiger partial charge in [0, 0.05) is 12.6 Å². The highest BCUT2D eigenvalue weighted by atomic mass is 16.2. The van der Waals surface area contributed by atoms with Gasteiger partial charge in [0.1, 0.15) is 5.41 Å². The smallest absolute Gasteiger partial charge is 0.306 e. The second kappa shape index (κ2) is 4.59. The number of hydrogen-bond acceptors (Lipinski definition) is 4. The van der Waals surface area contributed by atoms with Gasteiger partial charge in [0.15, 0.2) is 0 Å². The predicted molar refractivity (Wildman–Crippen MR) is 69.2 cm³/mol. The summed E-state index contributed by atoms with van der Waals surface area (Å²) in [7, 11) is 2.03. The first-order chi connectivity index (χ1) is 8.75. The molecule has 2 fully saturated rings. The molecule has 0 bridgehead atoms. The van der Waals surface area contributed by atoms with Crippen molar-refractivity contribution in [1.29, 1.82) is 0 Å². The van der Waals surface area contributed by atoms with Crippen LogP contribution in [-0.4, -0.2) is 53.8 Å². The Labute approximate surface area is 113 Å². The number of imide groups is 2. The molecule has 2 heterocycles. The van der Waals surface area contributed by atoms with Gasteiger partial charge < -0.3 is 4.90 Å². The van der Waals surface area contributed by atoms with Gasteiger partial charge in [0.25, 0.3) is 0 Å². The maximum absolute atomic E-state index is 12.4. The standard InChI is InChI=1S/C13H21N3O3/c1-8-7-15(4)6-5-9(8)16-11(18)13(2,3)10(17)14-12(16)19/h8-9H,5-7H2,1-4H3,(H,14,17,19). The summed E-state index contributed by atoms with van der Waals surface area (Å²) in [6, 6.07) is -0.702. The van der Waals surface area contributed by atoms with E-state index in [1.807, 2.05) is 14.0 Å². The van der Waals surface area contributed by atoms with Gasteiger partial charge in [-0.25, -0.2) is 4.79 Å². The van der Waals surface area contributed by atoms with Crippen LogP contribution in [0.15, 0.2) is 0 Å². The minimum atomic E-state index is -1.17. The predicted octanol–water partition coefficient (Wildman–Crippen LogP) is 0.431. The molecule has 0 aromatic heterocycles. The molecule has 0 radical (unpaired) electrons. The summed E-state index contributed by atoms with van der Waals surface area (Å²) in [4.78, 5) is 39.6. The number of nitrogens with one attached hydrogen (secondary N) is 1. The number of barbiturate groups is 1. The highest BCUT2D eigenvalue weighted by molar-refractivity contribution is 6.18. The van der Waals surface area contributed by atoms with Crippen LogP contribution in [-0.2, 0) is 9.59 Å².